The number of rotatable bonds is 4. The molecule has 1 N–H and O–H groups in total. The number of pyridine rings is 1. The summed E-state index contributed by atoms with van der Waals surface area (Å²) in [5.41, 5.74) is 1.14. The monoisotopic (exact) mass is 320 g/mol. The summed E-state index contributed by atoms with van der Waals surface area (Å²) in [6.07, 6.45) is 2.60. The van der Waals surface area contributed by atoms with Crippen molar-refractivity contribution in [2.75, 3.05) is 19.7 Å². The first kappa shape index (κ1) is 15.3. The smallest absolute Gasteiger partial charge is 0.213 e. The largest absolute Gasteiger partial charge is 0.477 e. The van der Waals surface area contributed by atoms with E-state index >= 15 is 0 Å². The maximum absolute atomic E-state index is 13.1. The molecule has 2 aromatic rings. The Bertz CT molecular complexity index is 603. The van der Waals surface area contributed by atoms with Gasteiger partial charge in [0.2, 0.25) is 5.88 Å². The third kappa shape index (κ3) is 3.76. The Kier molecular flexibility index (Phi) is 4.90. The van der Waals surface area contributed by atoms with Gasteiger partial charge in [-0.25, -0.2) is 9.37 Å². The van der Waals surface area contributed by atoms with Crippen molar-refractivity contribution in [1.82, 2.24) is 10.3 Å². The molecule has 22 heavy (non-hydrogen) atoms. The fraction of sp³-hybridized carbons (Fsp3) is 0.353. The van der Waals surface area contributed by atoms with Gasteiger partial charge in [0.1, 0.15) is 5.82 Å². The van der Waals surface area contributed by atoms with E-state index in [1.165, 1.54) is 12.1 Å². The molecular formula is C17H18ClFN2O. The molecule has 2 atom stereocenters. The molecule has 5 heteroatoms. The lowest BCUT2D eigenvalue weighted by atomic mass is 9.82. The molecule has 2 unspecified atom stereocenters. The van der Waals surface area contributed by atoms with Crippen LogP contribution in [0.4, 0.5) is 4.39 Å². The van der Waals surface area contributed by atoms with E-state index in [2.05, 4.69) is 10.3 Å². The van der Waals surface area contributed by atoms with Gasteiger partial charge in [0.25, 0.3) is 0 Å². The summed E-state index contributed by atoms with van der Waals surface area (Å²) in [4.78, 5) is 4.15. The number of halogens is 2. The lowest BCUT2D eigenvalue weighted by molar-refractivity contribution is 0.189. The Morgan fingerprint density at radius 2 is 2.05 bits per heavy atom. The van der Waals surface area contributed by atoms with Crippen LogP contribution >= 0.6 is 11.6 Å². The summed E-state index contributed by atoms with van der Waals surface area (Å²) in [6.45, 7) is 2.45. The first-order valence-corrected chi connectivity index (χ1v) is 7.81. The van der Waals surface area contributed by atoms with Crippen LogP contribution in [-0.4, -0.2) is 24.7 Å². The van der Waals surface area contributed by atoms with Gasteiger partial charge in [-0.15, -0.1) is 0 Å². The van der Waals surface area contributed by atoms with E-state index in [0.717, 1.165) is 25.1 Å². The molecule has 1 aromatic carbocycles. The number of nitrogens with zero attached hydrogens (tertiary/aromatic N) is 1. The van der Waals surface area contributed by atoms with E-state index in [0.29, 0.717) is 29.3 Å². The number of benzene rings is 1. The van der Waals surface area contributed by atoms with Gasteiger partial charge in [-0.1, -0.05) is 23.7 Å². The van der Waals surface area contributed by atoms with Crippen molar-refractivity contribution in [3.63, 3.8) is 0 Å². The number of aromatic nitrogens is 1. The Morgan fingerprint density at radius 1 is 1.23 bits per heavy atom. The second-order valence-corrected chi connectivity index (χ2v) is 5.97. The van der Waals surface area contributed by atoms with Crippen LogP contribution in [0.2, 0.25) is 5.02 Å². The Labute approximate surface area is 134 Å². The minimum Gasteiger partial charge on any atom is -0.477 e. The maximum Gasteiger partial charge on any atom is 0.213 e. The molecule has 0 bridgehead atoms. The third-order valence-electron chi connectivity index (χ3n) is 4.07. The number of ether oxygens (including phenoxy) is 1. The summed E-state index contributed by atoms with van der Waals surface area (Å²) >= 11 is 5.82. The highest BCUT2D eigenvalue weighted by Crippen LogP contribution is 2.30. The highest BCUT2D eigenvalue weighted by Gasteiger charge is 2.27. The minimum atomic E-state index is -0.203. The van der Waals surface area contributed by atoms with Gasteiger partial charge in [-0.3, -0.25) is 0 Å². The molecule has 0 amide bonds. The molecule has 1 aliphatic rings. The Morgan fingerprint density at radius 3 is 2.77 bits per heavy atom. The standard InChI is InChI=1S/C17H18ClFN2O/c18-14-3-6-17(21-9-14)22-11-13-7-8-20-10-16(13)12-1-4-15(19)5-2-12/h1-6,9,13,16,20H,7-8,10-11H2. The summed E-state index contributed by atoms with van der Waals surface area (Å²) in [6, 6.07) is 10.3. The summed E-state index contributed by atoms with van der Waals surface area (Å²) < 4.78 is 18.9. The van der Waals surface area contributed by atoms with Crippen molar-refractivity contribution in [1.29, 1.82) is 0 Å². The zero-order valence-corrected chi connectivity index (χ0v) is 12.9. The van der Waals surface area contributed by atoms with Crippen LogP contribution in [0.25, 0.3) is 0 Å². The molecule has 1 saturated heterocycles. The second kappa shape index (κ2) is 7.07. The predicted molar refractivity (Wildman–Crippen MR) is 84.9 cm³/mol. The molecule has 0 saturated carbocycles. The van der Waals surface area contributed by atoms with Crippen LogP contribution in [-0.2, 0) is 0 Å². The van der Waals surface area contributed by atoms with Crippen LogP contribution in [0.5, 0.6) is 5.88 Å². The van der Waals surface area contributed by atoms with Crippen LogP contribution in [0.15, 0.2) is 42.6 Å². The average molecular weight is 321 g/mol. The molecule has 0 spiro atoms. The molecular weight excluding hydrogens is 303 g/mol. The van der Waals surface area contributed by atoms with Gasteiger partial charge in [0.15, 0.2) is 0 Å². The molecule has 1 fully saturated rings. The molecule has 0 aliphatic carbocycles. The van der Waals surface area contributed by atoms with E-state index in [-0.39, 0.29) is 5.82 Å². The Hall–Kier alpha value is -1.65. The van der Waals surface area contributed by atoms with Crippen molar-refractivity contribution in [3.8, 4) is 5.88 Å². The van der Waals surface area contributed by atoms with Crippen LogP contribution in [0.1, 0.15) is 17.9 Å². The number of nitrogens with one attached hydrogen (secondary N) is 1. The van der Waals surface area contributed by atoms with Gasteiger partial charge >= 0.3 is 0 Å². The van der Waals surface area contributed by atoms with Gasteiger partial charge < -0.3 is 10.1 Å². The van der Waals surface area contributed by atoms with Crippen LogP contribution < -0.4 is 10.1 Å². The van der Waals surface area contributed by atoms with Gasteiger partial charge in [0.05, 0.1) is 11.6 Å². The highest BCUT2D eigenvalue weighted by molar-refractivity contribution is 6.30. The van der Waals surface area contributed by atoms with E-state index in [4.69, 9.17) is 16.3 Å². The van der Waals surface area contributed by atoms with Crippen molar-refractivity contribution < 1.29 is 9.13 Å². The van der Waals surface area contributed by atoms with E-state index in [1.807, 2.05) is 12.1 Å². The number of hydrogen-bond donors (Lipinski definition) is 1. The SMILES string of the molecule is Fc1ccc(C2CNCCC2COc2ccc(Cl)cn2)cc1. The maximum atomic E-state index is 13.1. The van der Waals surface area contributed by atoms with Crippen molar-refractivity contribution in [2.45, 2.75) is 12.3 Å². The average Bonchev–Trinajstić information content (AvgIpc) is 2.55. The first-order chi connectivity index (χ1) is 10.7. The molecule has 0 radical (unpaired) electrons. The fourth-order valence-corrected chi connectivity index (χ4v) is 2.96. The topological polar surface area (TPSA) is 34.1 Å². The van der Waals surface area contributed by atoms with Gasteiger partial charge in [-0.05, 0) is 36.7 Å². The lowest BCUT2D eigenvalue weighted by Gasteiger charge is -2.32. The molecule has 3 rings (SSSR count). The zero-order valence-electron chi connectivity index (χ0n) is 12.1. The lowest BCUT2D eigenvalue weighted by Crippen LogP contribution is -2.37. The summed E-state index contributed by atoms with van der Waals surface area (Å²) in [5, 5.41) is 4.00. The highest BCUT2D eigenvalue weighted by atomic mass is 35.5. The second-order valence-electron chi connectivity index (χ2n) is 5.54. The predicted octanol–water partition coefficient (Wildman–Crippen LogP) is 3.65. The van der Waals surface area contributed by atoms with E-state index in [9.17, 15) is 4.39 Å². The van der Waals surface area contributed by atoms with E-state index < -0.39 is 0 Å². The summed E-state index contributed by atoms with van der Waals surface area (Å²) in [5.74, 6) is 1.08. The third-order valence-corrected chi connectivity index (χ3v) is 4.29. The van der Waals surface area contributed by atoms with Gasteiger partial charge in [0, 0.05) is 30.6 Å². The zero-order chi connectivity index (χ0) is 15.4. The molecule has 2 heterocycles. The number of hydrogen-bond acceptors (Lipinski definition) is 3. The molecule has 116 valence electrons. The van der Waals surface area contributed by atoms with Crippen molar-refractivity contribution >= 4 is 11.6 Å². The molecule has 1 aliphatic heterocycles. The fourth-order valence-electron chi connectivity index (χ4n) is 2.85. The molecule has 3 nitrogen and oxygen atoms in total. The molecule has 1 aromatic heterocycles. The van der Waals surface area contributed by atoms with Crippen LogP contribution in [0.3, 0.4) is 0 Å². The first-order valence-electron chi connectivity index (χ1n) is 7.43. The normalized spacial score (nSPS) is 21.5. The van der Waals surface area contributed by atoms with E-state index in [1.54, 1.807) is 18.3 Å². The minimum absolute atomic E-state index is 0.203. The quantitative estimate of drug-likeness (QED) is 0.933. The van der Waals surface area contributed by atoms with Crippen molar-refractivity contribution in [2.24, 2.45) is 5.92 Å². The van der Waals surface area contributed by atoms with Crippen LogP contribution in [0, 0.1) is 11.7 Å². The Balaban J connectivity index is 1.67. The summed E-state index contributed by atoms with van der Waals surface area (Å²) in [7, 11) is 0. The van der Waals surface area contributed by atoms with Gasteiger partial charge in [-0.2, -0.15) is 0 Å². The number of piperidine rings is 1. The van der Waals surface area contributed by atoms with Crippen molar-refractivity contribution in [3.05, 3.63) is 59.0 Å².